The average molecular weight is 214 g/mol. The van der Waals surface area contributed by atoms with Gasteiger partial charge in [0.1, 0.15) is 0 Å². The Morgan fingerprint density at radius 1 is 1.43 bits per heavy atom. The zero-order chi connectivity index (χ0) is 9.80. The fourth-order valence-electron chi connectivity index (χ4n) is 2.06. The van der Waals surface area contributed by atoms with Crippen LogP contribution in [0.1, 0.15) is 19.3 Å². The third kappa shape index (κ3) is 2.64. The van der Waals surface area contributed by atoms with Crippen molar-refractivity contribution in [1.82, 2.24) is 10.2 Å². The highest BCUT2D eigenvalue weighted by molar-refractivity contribution is 7.99. The molecule has 1 atom stereocenters. The Bertz CT molecular complexity index is 198. The molecule has 0 spiro atoms. The van der Waals surface area contributed by atoms with Gasteiger partial charge in [-0.25, -0.2) is 0 Å². The van der Waals surface area contributed by atoms with Crippen molar-refractivity contribution in [1.29, 1.82) is 0 Å². The molecular weight excluding hydrogens is 196 g/mol. The minimum absolute atomic E-state index is 0.350. The Hall–Kier alpha value is -0.220. The van der Waals surface area contributed by atoms with Gasteiger partial charge in [0.25, 0.3) is 0 Å². The standard InChI is InChI=1S/C10H18N2OS/c13-10(12-4-1-2-5-12)7-9-8-14-6-3-11-9/h9,11H,1-8H2. The van der Waals surface area contributed by atoms with E-state index < -0.39 is 0 Å². The number of nitrogens with one attached hydrogen (secondary N) is 1. The van der Waals surface area contributed by atoms with Crippen LogP contribution in [0.4, 0.5) is 0 Å². The van der Waals surface area contributed by atoms with E-state index in [1.807, 2.05) is 16.7 Å². The number of carbonyl (C=O) groups is 1. The van der Waals surface area contributed by atoms with Gasteiger partial charge in [0.15, 0.2) is 0 Å². The van der Waals surface area contributed by atoms with Crippen LogP contribution in [0.15, 0.2) is 0 Å². The highest BCUT2D eigenvalue weighted by Crippen LogP contribution is 2.14. The Morgan fingerprint density at radius 3 is 2.86 bits per heavy atom. The van der Waals surface area contributed by atoms with Crippen LogP contribution >= 0.6 is 11.8 Å². The van der Waals surface area contributed by atoms with E-state index in [1.54, 1.807) is 0 Å². The van der Waals surface area contributed by atoms with E-state index in [1.165, 1.54) is 18.6 Å². The van der Waals surface area contributed by atoms with Gasteiger partial charge in [0.05, 0.1) is 0 Å². The van der Waals surface area contributed by atoms with Gasteiger partial charge >= 0.3 is 0 Å². The molecule has 0 aromatic heterocycles. The topological polar surface area (TPSA) is 32.3 Å². The second-order valence-corrected chi connectivity index (χ2v) is 5.17. The largest absolute Gasteiger partial charge is 0.343 e. The van der Waals surface area contributed by atoms with Crippen LogP contribution in [0.3, 0.4) is 0 Å². The summed E-state index contributed by atoms with van der Waals surface area (Å²) in [5, 5.41) is 3.41. The summed E-state index contributed by atoms with van der Waals surface area (Å²) in [5.74, 6) is 2.64. The first kappa shape index (κ1) is 10.3. The van der Waals surface area contributed by atoms with Gasteiger partial charge in [-0.15, -0.1) is 0 Å². The molecule has 4 heteroatoms. The van der Waals surface area contributed by atoms with E-state index in [9.17, 15) is 4.79 Å². The minimum Gasteiger partial charge on any atom is -0.343 e. The van der Waals surface area contributed by atoms with Crippen molar-refractivity contribution in [2.75, 3.05) is 31.1 Å². The Morgan fingerprint density at radius 2 is 2.21 bits per heavy atom. The molecule has 0 bridgehead atoms. The molecule has 1 unspecified atom stereocenters. The summed E-state index contributed by atoms with van der Waals surface area (Å²) in [6.45, 7) is 3.03. The maximum absolute atomic E-state index is 11.8. The van der Waals surface area contributed by atoms with Crippen molar-refractivity contribution < 1.29 is 4.79 Å². The third-order valence-corrected chi connectivity index (χ3v) is 4.01. The van der Waals surface area contributed by atoms with Crippen molar-refractivity contribution >= 4 is 17.7 Å². The Labute approximate surface area is 89.6 Å². The maximum Gasteiger partial charge on any atom is 0.224 e. The van der Waals surface area contributed by atoms with Gasteiger partial charge in [-0.3, -0.25) is 4.79 Å². The number of nitrogens with zero attached hydrogens (tertiary/aromatic N) is 1. The first-order valence-electron chi connectivity index (χ1n) is 5.45. The quantitative estimate of drug-likeness (QED) is 0.734. The molecule has 1 amide bonds. The van der Waals surface area contributed by atoms with Crippen LogP contribution < -0.4 is 5.32 Å². The van der Waals surface area contributed by atoms with Crippen molar-refractivity contribution in [3.8, 4) is 0 Å². The molecule has 2 heterocycles. The van der Waals surface area contributed by atoms with Crippen molar-refractivity contribution in [3.05, 3.63) is 0 Å². The highest BCUT2D eigenvalue weighted by Gasteiger charge is 2.22. The second kappa shape index (κ2) is 5.03. The summed E-state index contributed by atoms with van der Waals surface area (Å²) in [5.41, 5.74) is 0. The molecule has 3 nitrogen and oxygen atoms in total. The van der Waals surface area contributed by atoms with E-state index in [2.05, 4.69) is 5.32 Å². The van der Waals surface area contributed by atoms with Crippen LogP contribution in [0, 0.1) is 0 Å². The van der Waals surface area contributed by atoms with Gasteiger partial charge in [0.2, 0.25) is 5.91 Å². The fraction of sp³-hybridized carbons (Fsp3) is 0.900. The molecule has 1 N–H and O–H groups in total. The van der Waals surface area contributed by atoms with Crippen LogP contribution in [0.2, 0.25) is 0 Å². The second-order valence-electron chi connectivity index (χ2n) is 4.02. The number of hydrogen-bond donors (Lipinski definition) is 1. The lowest BCUT2D eigenvalue weighted by Gasteiger charge is -2.24. The number of rotatable bonds is 2. The summed E-state index contributed by atoms with van der Waals surface area (Å²) < 4.78 is 0. The van der Waals surface area contributed by atoms with Crippen LogP contribution in [-0.2, 0) is 4.79 Å². The predicted molar refractivity (Wildman–Crippen MR) is 59.5 cm³/mol. The number of amides is 1. The summed E-state index contributed by atoms with van der Waals surface area (Å²) in [4.78, 5) is 13.8. The first-order chi connectivity index (χ1) is 6.86. The zero-order valence-electron chi connectivity index (χ0n) is 8.50. The molecule has 2 saturated heterocycles. The number of likely N-dealkylation sites (tertiary alicyclic amines) is 1. The molecule has 0 aromatic rings. The van der Waals surface area contributed by atoms with E-state index in [4.69, 9.17) is 0 Å². The zero-order valence-corrected chi connectivity index (χ0v) is 9.31. The molecule has 0 radical (unpaired) electrons. The molecule has 0 aromatic carbocycles. The van der Waals surface area contributed by atoms with Crippen molar-refractivity contribution in [3.63, 3.8) is 0 Å². The molecule has 80 valence electrons. The molecule has 0 saturated carbocycles. The monoisotopic (exact) mass is 214 g/mol. The molecule has 2 aliphatic heterocycles. The number of thioether (sulfide) groups is 1. The minimum atomic E-state index is 0.350. The number of carbonyl (C=O) groups excluding carboxylic acids is 1. The summed E-state index contributed by atoms with van der Waals surface area (Å²) in [6.07, 6.45) is 3.09. The molecule has 2 fully saturated rings. The highest BCUT2D eigenvalue weighted by atomic mass is 32.2. The molecule has 14 heavy (non-hydrogen) atoms. The van der Waals surface area contributed by atoms with Gasteiger partial charge < -0.3 is 10.2 Å². The predicted octanol–water partition coefficient (Wildman–Crippen LogP) is 0.704. The average Bonchev–Trinajstić information content (AvgIpc) is 2.72. The van der Waals surface area contributed by atoms with Gasteiger partial charge in [-0.05, 0) is 12.8 Å². The van der Waals surface area contributed by atoms with Gasteiger partial charge in [0, 0.05) is 43.6 Å². The van der Waals surface area contributed by atoms with E-state index in [0.717, 1.165) is 25.4 Å². The molecule has 2 aliphatic rings. The lowest BCUT2D eigenvalue weighted by atomic mass is 10.2. The Balaban J connectivity index is 1.75. The summed E-state index contributed by atoms with van der Waals surface area (Å²) in [6, 6.07) is 0.418. The van der Waals surface area contributed by atoms with E-state index >= 15 is 0 Å². The normalized spacial score (nSPS) is 28.0. The summed E-state index contributed by atoms with van der Waals surface area (Å²) in [7, 11) is 0. The third-order valence-electron chi connectivity index (χ3n) is 2.88. The molecular formula is C10H18N2OS. The van der Waals surface area contributed by atoms with Crippen LogP contribution in [0.5, 0.6) is 0 Å². The lowest BCUT2D eigenvalue weighted by Crippen LogP contribution is -2.42. The smallest absolute Gasteiger partial charge is 0.224 e. The number of hydrogen-bond acceptors (Lipinski definition) is 3. The SMILES string of the molecule is O=C(CC1CSCCN1)N1CCCC1. The van der Waals surface area contributed by atoms with Gasteiger partial charge in [-0.1, -0.05) is 0 Å². The lowest BCUT2D eigenvalue weighted by molar-refractivity contribution is -0.130. The van der Waals surface area contributed by atoms with Crippen molar-refractivity contribution in [2.24, 2.45) is 0 Å². The Kier molecular flexibility index (Phi) is 3.70. The maximum atomic E-state index is 11.8. The van der Waals surface area contributed by atoms with E-state index in [-0.39, 0.29) is 0 Å². The first-order valence-corrected chi connectivity index (χ1v) is 6.60. The fourth-order valence-corrected chi connectivity index (χ4v) is 3.01. The molecule has 0 aliphatic carbocycles. The summed E-state index contributed by atoms with van der Waals surface area (Å²) >= 11 is 1.95. The van der Waals surface area contributed by atoms with Crippen molar-refractivity contribution in [2.45, 2.75) is 25.3 Å². The van der Waals surface area contributed by atoms with Crippen LogP contribution in [-0.4, -0.2) is 48.0 Å². The van der Waals surface area contributed by atoms with Crippen LogP contribution in [0.25, 0.3) is 0 Å². The molecule has 2 rings (SSSR count). The van der Waals surface area contributed by atoms with E-state index in [0.29, 0.717) is 18.4 Å². The van der Waals surface area contributed by atoms with Gasteiger partial charge in [-0.2, -0.15) is 11.8 Å².